The van der Waals surface area contributed by atoms with Crippen molar-refractivity contribution in [3.8, 4) is 5.75 Å². The molecule has 1 atom stereocenters. The van der Waals surface area contributed by atoms with Crippen molar-refractivity contribution >= 4 is 12.6 Å². The second-order valence-corrected chi connectivity index (χ2v) is 3.79. The Hall–Kier alpha value is -0.710. The van der Waals surface area contributed by atoms with Crippen molar-refractivity contribution in [1.29, 1.82) is 0 Å². The average Bonchev–Trinajstić information content (AvgIpc) is 2.03. The van der Waals surface area contributed by atoms with Crippen LogP contribution in [-0.4, -0.2) is 16.8 Å². The molecular weight excluding hydrogens is 186 g/mol. The number of aliphatic hydroxyl groups is 1. The van der Waals surface area contributed by atoms with Crippen LogP contribution < -0.4 is 5.73 Å². The van der Waals surface area contributed by atoms with E-state index >= 15 is 0 Å². The van der Waals surface area contributed by atoms with Crippen LogP contribution in [0.25, 0.3) is 0 Å². The number of thiol groups is 1. The number of phenolic OH excluding ortho intramolecular Hbond substituents is 1. The summed E-state index contributed by atoms with van der Waals surface area (Å²) in [5.74, 6) is 0.0616. The van der Waals surface area contributed by atoms with Gasteiger partial charge in [0.05, 0.1) is 12.1 Å². The van der Waals surface area contributed by atoms with Crippen molar-refractivity contribution in [2.24, 2.45) is 5.73 Å². The molecule has 1 aromatic carbocycles. The highest BCUT2D eigenvalue weighted by Gasteiger charge is 2.23. The van der Waals surface area contributed by atoms with Gasteiger partial charge in [-0.25, -0.2) is 0 Å². The Bertz CT molecular complexity index is 312. The van der Waals surface area contributed by atoms with Gasteiger partial charge < -0.3 is 15.9 Å². The van der Waals surface area contributed by atoms with E-state index in [1.807, 2.05) is 0 Å². The fourth-order valence-electron chi connectivity index (χ4n) is 1.09. The summed E-state index contributed by atoms with van der Waals surface area (Å²) in [5, 5.41) is 18.5. The van der Waals surface area contributed by atoms with Gasteiger partial charge in [-0.05, 0) is 19.1 Å². The monoisotopic (exact) mass is 199 g/mol. The lowest BCUT2D eigenvalue weighted by atomic mass is 9.93. The molecule has 0 fully saturated rings. The first-order valence-corrected chi connectivity index (χ1v) is 4.34. The topological polar surface area (TPSA) is 66.5 Å². The number of benzene rings is 1. The van der Waals surface area contributed by atoms with E-state index in [1.165, 1.54) is 6.07 Å². The zero-order chi connectivity index (χ0) is 10.1. The number of nitrogens with two attached hydrogens (primary N) is 1. The molecule has 0 aliphatic heterocycles. The van der Waals surface area contributed by atoms with Gasteiger partial charge in [0.1, 0.15) is 5.75 Å². The Kier molecular flexibility index (Phi) is 2.85. The van der Waals surface area contributed by atoms with Crippen molar-refractivity contribution in [3.63, 3.8) is 0 Å². The van der Waals surface area contributed by atoms with E-state index in [-0.39, 0.29) is 12.4 Å². The van der Waals surface area contributed by atoms with E-state index in [9.17, 15) is 5.11 Å². The summed E-state index contributed by atoms with van der Waals surface area (Å²) in [6.07, 6.45) is 0. The quantitative estimate of drug-likeness (QED) is 0.534. The Balaban J connectivity index is 3.16. The summed E-state index contributed by atoms with van der Waals surface area (Å²) in [5.41, 5.74) is 5.36. The predicted molar refractivity (Wildman–Crippen MR) is 54.0 cm³/mol. The first-order valence-electron chi connectivity index (χ1n) is 3.89. The molecule has 0 spiro atoms. The third kappa shape index (κ3) is 2.15. The Morgan fingerprint density at radius 1 is 1.54 bits per heavy atom. The molecule has 72 valence electrons. The van der Waals surface area contributed by atoms with Crippen LogP contribution in [0, 0.1) is 0 Å². The molecule has 0 aromatic heterocycles. The minimum atomic E-state index is -0.911. The second kappa shape index (κ2) is 3.57. The van der Waals surface area contributed by atoms with Gasteiger partial charge in [-0.3, -0.25) is 0 Å². The molecule has 0 aliphatic rings. The van der Waals surface area contributed by atoms with Gasteiger partial charge in [0.15, 0.2) is 0 Å². The number of hydrogen-bond acceptors (Lipinski definition) is 4. The molecule has 0 saturated heterocycles. The first kappa shape index (κ1) is 10.4. The van der Waals surface area contributed by atoms with Crippen LogP contribution in [0.4, 0.5) is 0 Å². The lowest BCUT2D eigenvalue weighted by Gasteiger charge is -2.23. The van der Waals surface area contributed by atoms with Crippen LogP contribution >= 0.6 is 12.6 Å². The largest absolute Gasteiger partial charge is 0.508 e. The van der Waals surface area contributed by atoms with Gasteiger partial charge in [-0.15, -0.1) is 12.6 Å². The van der Waals surface area contributed by atoms with Gasteiger partial charge in [0, 0.05) is 10.5 Å². The summed E-state index contributed by atoms with van der Waals surface area (Å²) in [4.78, 5) is 0.662. The molecule has 0 radical (unpaired) electrons. The average molecular weight is 199 g/mol. The maximum Gasteiger partial charge on any atom is 0.121 e. The summed E-state index contributed by atoms with van der Waals surface area (Å²) in [6, 6.07) is 4.88. The van der Waals surface area contributed by atoms with Gasteiger partial charge in [0.25, 0.3) is 0 Å². The van der Waals surface area contributed by atoms with E-state index in [2.05, 4.69) is 12.6 Å². The molecule has 0 saturated carbocycles. The van der Waals surface area contributed by atoms with E-state index in [0.717, 1.165) is 0 Å². The molecule has 0 amide bonds. The number of rotatable bonds is 2. The fourth-order valence-corrected chi connectivity index (χ4v) is 1.28. The van der Waals surface area contributed by atoms with Crippen LogP contribution in [0.3, 0.4) is 0 Å². The van der Waals surface area contributed by atoms with Crippen molar-refractivity contribution in [2.45, 2.75) is 17.4 Å². The third-order valence-corrected chi connectivity index (χ3v) is 2.20. The van der Waals surface area contributed by atoms with Gasteiger partial charge >= 0.3 is 0 Å². The summed E-state index contributed by atoms with van der Waals surface area (Å²) in [6.45, 7) is 1.44. The summed E-state index contributed by atoms with van der Waals surface area (Å²) < 4.78 is 0. The Labute approximate surface area is 82.6 Å². The summed E-state index contributed by atoms with van der Waals surface area (Å²) in [7, 11) is 0. The number of aliphatic hydroxyl groups excluding tert-OH is 1. The third-order valence-electron chi connectivity index (χ3n) is 1.93. The molecule has 1 aromatic rings. The molecule has 1 rings (SSSR count). The van der Waals surface area contributed by atoms with Crippen LogP contribution in [0.2, 0.25) is 0 Å². The highest BCUT2D eigenvalue weighted by atomic mass is 32.1. The van der Waals surface area contributed by atoms with E-state index in [4.69, 9.17) is 10.8 Å². The van der Waals surface area contributed by atoms with Gasteiger partial charge in [0.2, 0.25) is 0 Å². The van der Waals surface area contributed by atoms with Crippen LogP contribution in [0.5, 0.6) is 5.75 Å². The SMILES string of the molecule is CC(N)(CO)c1ccc(S)cc1O. The lowest BCUT2D eigenvalue weighted by Crippen LogP contribution is -2.36. The molecule has 4 N–H and O–H groups in total. The first-order chi connectivity index (χ1) is 5.97. The number of hydrogen-bond donors (Lipinski definition) is 4. The Morgan fingerprint density at radius 2 is 2.15 bits per heavy atom. The molecule has 4 heteroatoms. The predicted octanol–water partition coefficient (Wildman–Crippen LogP) is 0.847. The number of phenols is 1. The standard InChI is InChI=1S/C9H13NO2S/c1-9(10,5-11)7-3-2-6(13)4-8(7)12/h2-4,11-13H,5,10H2,1H3. The molecular formula is C9H13NO2S. The molecule has 0 heterocycles. The molecule has 1 unspecified atom stereocenters. The van der Waals surface area contributed by atoms with Crippen molar-refractivity contribution < 1.29 is 10.2 Å². The van der Waals surface area contributed by atoms with Crippen molar-refractivity contribution in [2.75, 3.05) is 6.61 Å². The minimum absolute atomic E-state index is 0.0616. The maximum absolute atomic E-state index is 9.52. The van der Waals surface area contributed by atoms with E-state index in [1.54, 1.807) is 19.1 Å². The van der Waals surface area contributed by atoms with Crippen LogP contribution in [-0.2, 0) is 5.54 Å². The minimum Gasteiger partial charge on any atom is -0.508 e. The van der Waals surface area contributed by atoms with E-state index < -0.39 is 5.54 Å². The highest BCUT2D eigenvalue weighted by molar-refractivity contribution is 7.80. The zero-order valence-electron chi connectivity index (χ0n) is 7.36. The molecule has 13 heavy (non-hydrogen) atoms. The normalized spacial score (nSPS) is 15.4. The van der Waals surface area contributed by atoms with Gasteiger partial charge in [-0.1, -0.05) is 6.07 Å². The molecule has 0 bridgehead atoms. The smallest absolute Gasteiger partial charge is 0.121 e. The molecule has 3 nitrogen and oxygen atoms in total. The van der Waals surface area contributed by atoms with Crippen molar-refractivity contribution in [3.05, 3.63) is 23.8 Å². The van der Waals surface area contributed by atoms with Crippen LogP contribution in [0.15, 0.2) is 23.1 Å². The second-order valence-electron chi connectivity index (χ2n) is 3.28. The summed E-state index contributed by atoms with van der Waals surface area (Å²) >= 11 is 4.06. The zero-order valence-corrected chi connectivity index (χ0v) is 8.25. The van der Waals surface area contributed by atoms with E-state index in [0.29, 0.717) is 10.5 Å². The highest BCUT2D eigenvalue weighted by Crippen LogP contribution is 2.28. The van der Waals surface area contributed by atoms with Gasteiger partial charge in [-0.2, -0.15) is 0 Å². The fraction of sp³-hybridized carbons (Fsp3) is 0.333. The molecule has 0 aliphatic carbocycles. The number of aromatic hydroxyl groups is 1. The maximum atomic E-state index is 9.52. The Morgan fingerprint density at radius 3 is 2.62 bits per heavy atom. The lowest BCUT2D eigenvalue weighted by molar-refractivity contribution is 0.207. The van der Waals surface area contributed by atoms with Crippen molar-refractivity contribution in [1.82, 2.24) is 0 Å². The van der Waals surface area contributed by atoms with Crippen LogP contribution in [0.1, 0.15) is 12.5 Å².